The first kappa shape index (κ1) is 9.75. The van der Waals surface area contributed by atoms with Crippen LogP contribution in [0, 0.1) is 18.3 Å². The Morgan fingerprint density at radius 1 is 1.27 bits per heavy atom. The molecular weight excluding hydrogens is 204 g/mol. The number of thiophene rings is 1. The van der Waals surface area contributed by atoms with Crippen LogP contribution < -0.4 is 5.73 Å². The molecule has 3 heteroatoms. The molecule has 2 N–H and O–H groups in total. The van der Waals surface area contributed by atoms with Crippen LogP contribution in [-0.2, 0) is 0 Å². The number of nitrogens with zero attached hydrogens (tertiary/aromatic N) is 1. The number of nitriles is 1. The SMILES string of the molecule is Cc1cc(N)ccc1-c1ccc(C#N)s1. The van der Waals surface area contributed by atoms with Gasteiger partial charge in [0.2, 0.25) is 0 Å². The van der Waals surface area contributed by atoms with Gasteiger partial charge in [0.05, 0.1) is 0 Å². The molecule has 0 aliphatic carbocycles. The number of nitrogens with two attached hydrogens (primary N) is 1. The van der Waals surface area contributed by atoms with E-state index in [9.17, 15) is 0 Å². The zero-order valence-corrected chi connectivity index (χ0v) is 9.14. The van der Waals surface area contributed by atoms with Crippen LogP contribution in [0.1, 0.15) is 10.4 Å². The maximum absolute atomic E-state index is 8.75. The Balaban J connectivity index is 2.50. The Labute approximate surface area is 92.6 Å². The molecule has 1 aromatic carbocycles. The molecule has 0 saturated carbocycles. The maximum atomic E-state index is 8.75. The molecule has 0 bridgehead atoms. The summed E-state index contributed by atoms with van der Waals surface area (Å²) in [6, 6.07) is 11.8. The van der Waals surface area contributed by atoms with E-state index in [-0.39, 0.29) is 0 Å². The van der Waals surface area contributed by atoms with Crippen LogP contribution in [0.25, 0.3) is 10.4 Å². The van der Waals surface area contributed by atoms with E-state index in [1.807, 2.05) is 37.3 Å². The first-order valence-electron chi connectivity index (χ1n) is 4.57. The lowest BCUT2D eigenvalue weighted by Gasteiger charge is -2.03. The maximum Gasteiger partial charge on any atom is 0.110 e. The summed E-state index contributed by atoms with van der Waals surface area (Å²) in [6.07, 6.45) is 0. The molecule has 0 aliphatic heterocycles. The summed E-state index contributed by atoms with van der Waals surface area (Å²) < 4.78 is 0. The van der Waals surface area contributed by atoms with Gasteiger partial charge in [0.1, 0.15) is 10.9 Å². The number of hydrogen-bond acceptors (Lipinski definition) is 3. The first-order chi connectivity index (χ1) is 7.20. The van der Waals surface area contributed by atoms with E-state index in [0.717, 1.165) is 26.6 Å². The molecule has 0 unspecified atom stereocenters. The third-order valence-corrected chi connectivity index (χ3v) is 3.26. The molecule has 2 nitrogen and oxygen atoms in total. The van der Waals surface area contributed by atoms with E-state index in [1.54, 1.807) is 0 Å². The molecule has 74 valence electrons. The molecule has 0 radical (unpaired) electrons. The monoisotopic (exact) mass is 214 g/mol. The van der Waals surface area contributed by atoms with Gasteiger partial charge in [0.15, 0.2) is 0 Å². The molecule has 0 spiro atoms. The van der Waals surface area contributed by atoms with Crippen molar-refractivity contribution in [2.24, 2.45) is 0 Å². The standard InChI is InChI=1S/C12H10N2S/c1-8-6-9(14)2-4-11(8)12-5-3-10(7-13)15-12/h2-6H,14H2,1H3. The zero-order chi connectivity index (χ0) is 10.8. The fourth-order valence-electron chi connectivity index (χ4n) is 1.51. The van der Waals surface area contributed by atoms with E-state index in [1.165, 1.54) is 11.3 Å². The van der Waals surface area contributed by atoms with Crippen molar-refractivity contribution >= 4 is 17.0 Å². The van der Waals surface area contributed by atoms with Crippen LogP contribution in [0.3, 0.4) is 0 Å². The highest BCUT2D eigenvalue weighted by atomic mass is 32.1. The quantitative estimate of drug-likeness (QED) is 0.741. The molecule has 0 fully saturated rings. The number of nitrogen functional groups attached to an aromatic ring is 1. The molecular formula is C12H10N2S. The zero-order valence-electron chi connectivity index (χ0n) is 8.32. The second-order valence-corrected chi connectivity index (χ2v) is 4.43. The number of hydrogen-bond donors (Lipinski definition) is 1. The summed E-state index contributed by atoms with van der Waals surface area (Å²) in [7, 11) is 0. The van der Waals surface area contributed by atoms with Crippen molar-refractivity contribution in [3.05, 3.63) is 40.8 Å². The summed E-state index contributed by atoms with van der Waals surface area (Å²) in [5.74, 6) is 0. The minimum absolute atomic E-state index is 0.737. The molecule has 0 atom stereocenters. The number of anilines is 1. The predicted octanol–water partition coefficient (Wildman–Crippen LogP) is 3.18. The largest absolute Gasteiger partial charge is 0.399 e. The van der Waals surface area contributed by atoms with Gasteiger partial charge in [-0.25, -0.2) is 0 Å². The normalized spacial score (nSPS) is 9.87. The average Bonchev–Trinajstić information content (AvgIpc) is 2.66. The smallest absolute Gasteiger partial charge is 0.110 e. The fraction of sp³-hybridized carbons (Fsp3) is 0.0833. The van der Waals surface area contributed by atoms with Crippen LogP contribution in [0.15, 0.2) is 30.3 Å². The van der Waals surface area contributed by atoms with E-state index in [4.69, 9.17) is 11.0 Å². The molecule has 1 aromatic heterocycles. The Bertz CT molecular complexity index is 535. The van der Waals surface area contributed by atoms with Crippen LogP contribution >= 0.6 is 11.3 Å². The van der Waals surface area contributed by atoms with Crippen LogP contribution in [-0.4, -0.2) is 0 Å². The molecule has 2 aromatic rings. The van der Waals surface area contributed by atoms with Crippen LogP contribution in [0.5, 0.6) is 0 Å². The van der Waals surface area contributed by atoms with E-state index < -0.39 is 0 Å². The minimum atomic E-state index is 0.737. The van der Waals surface area contributed by atoms with Crippen molar-refractivity contribution < 1.29 is 0 Å². The van der Waals surface area contributed by atoms with E-state index >= 15 is 0 Å². The van der Waals surface area contributed by atoms with E-state index in [2.05, 4.69) is 6.07 Å². The van der Waals surface area contributed by atoms with Crippen molar-refractivity contribution in [3.63, 3.8) is 0 Å². The highest BCUT2D eigenvalue weighted by Gasteiger charge is 2.05. The second kappa shape index (κ2) is 3.76. The van der Waals surface area contributed by atoms with Gasteiger partial charge in [-0.3, -0.25) is 0 Å². The van der Waals surface area contributed by atoms with Crippen molar-refractivity contribution in [1.29, 1.82) is 5.26 Å². The highest BCUT2D eigenvalue weighted by Crippen LogP contribution is 2.30. The summed E-state index contributed by atoms with van der Waals surface area (Å²) in [4.78, 5) is 1.85. The van der Waals surface area contributed by atoms with Gasteiger partial charge in [-0.15, -0.1) is 11.3 Å². The van der Waals surface area contributed by atoms with Gasteiger partial charge >= 0.3 is 0 Å². The predicted molar refractivity (Wildman–Crippen MR) is 63.6 cm³/mol. The second-order valence-electron chi connectivity index (χ2n) is 3.35. The molecule has 0 aliphatic rings. The van der Waals surface area contributed by atoms with Crippen molar-refractivity contribution in [1.82, 2.24) is 0 Å². The Kier molecular flexibility index (Phi) is 2.44. The Morgan fingerprint density at radius 3 is 2.67 bits per heavy atom. The third kappa shape index (κ3) is 1.85. The lowest BCUT2D eigenvalue weighted by molar-refractivity contribution is 1.48. The van der Waals surface area contributed by atoms with Gasteiger partial charge in [-0.2, -0.15) is 5.26 Å². The van der Waals surface area contributed by atoms with Crippen molar-refractivity contribution in [3.8, 4) is 16.5 Å². The third-order valence-electron chi connectivity index (χ3n) is 2.23. The lowest BCUT2D eigenvalue weighted by Crippen LogP contribution is -1.86. The molecule has 2 rings (SSSR count). The summed E-state index contributed by atoms with van der Waals surface area (Å²) in [6.45, 7) is 2.03. The van der Waals surface area contributed by atoms with Gasteiger partial charge in [-0.1, -0.05) is 6.07 Å². The number of benzene rings is 1. The van der Waals surface area contributed by atoms with Crippen molar-refractivity contribution in [2.45, 2.75) is 6.92 Å². The molecule has 1 heterocycles. The number of aryl methyl sites for hydroxylation is 1. The minimum Gasteiger partial charge on any atom is -0.399 e. The van der Waals surface area contributed by atoms with E-state index in [0.29, 0.717) is 0 Å². The van der Waals surface area contributed by atoms with Crippen LogP contribution in [0.2, 0.25) is 0 Å². The molecule has 0 amide bonds. The number of rotatable bonds is 1. The Hall–Kier alpha value is -1.79. The summed E-state index contributed by atoms with van der Waals surface area (Å²) >= 11 is 1.50. The summed E-state index contributed by atoms with van der Waals surface area (Å²) in [5, 5.41) is 8.75. The van der Waals surface area contributed by atoms with Gasteiger partial charge in [-0.05, 0) is 42.3 Å². The van der Waals surface area contributed by atoms with Gasteiger partial charge in [0, 0.05) is 10.6 Å². The average molecular weight is 214 g/mol. The lowest BCUT2D eigenvalue weighted by atomic mass is 10.1. The van der Waals surface area contributed by atoms with Crippen molar-refractivity contribution in [2.75, 3.05) is 5.73 Å². The molecule has 0 saturated heterocycles. The summed E-state index contributed by atoms with van der Waals surface area (Å²) in [5.41, 5.74) is 8.75. The Morgan fingerprint density at radius 2 is 2.07 bits per heavy atom. The molecule has 15 heavy (non-hydrogen) atoms. The van der Waals surface area contributed by atoms with Gasteiger partial charge in [0.25, 0.3) is 0 Å². The van der Waals surface area contributed by atoms with Gasteiger partial charge < -0.3 is 5.73 Å². The first-order valence-corrected chi connectivity index (χ1v) is 5.39. The fourth-order valence-corrected chi connectivity index (χ4v) is 2.40. The van der Waals surface area contributed by atoms with Crippen LogP contribution in [0.4, 0.5) is 5.69 Å². The highest BCUT2D eigenvalue weighted by molar-refractivity contribution is 7.16. The topological polar surface area (TPSA) is 49.8 Å².